The van der Waals surface area contributed by atoms with Crippen LogP contribution in [0.3, 0.4) is 0 Å². The Morgan fingerprint density at radius 3 is 2.28 bits per heavy atom. The Morgan fingerprint density at radius 1 is 0.828 bits per heavy atom. The first-order valence-corrected chi connectivity index (χ1v) is 11.8. The smallest absolute Gasteiger partial charge is 0.0384 e. The quantitative estimate of drug-likeness (QED) is 0.379. The van der Waals surface area contributed by atoms with E-state index in [1.807, 2.05) is 11.8 Å². The number of hydrogen-bond donors (Lipinski definition) is 1. The lowest BCUT2D eigenvalue weighted by Gasteiger charge is -2.30. The van der Waals surface area contributed by atoms with Crippen molar-refractivity contribution in [1.82, 2.24) is 0 Å². The van der Waals surface area contributed by atoms with Crippen LogP contribution in [0.2, 0.25) is 0 Å². The van der Waals surface area contributed by atoms with Crippen molar-refractivity contribution >= 4 is 17.4 Å². The van der Waals surface area contributed by atoms with Crippen molar-refractivity contribution in [2.45, 2.75) is 49.8 Å². The summed E-state index contributed by atoms with van der Waals surface area (Å²) in [6.45, 7) is 5.44. The van der Waals surface area contributed by atoms with Crippen molar-refractivity contribution in [2.24, 2.45) is 0 Å². The van der Waals surface area contributed by atoms with E-state index < -0.39 is 0 Å². The molecule has 0 heterocycles. The standard InChI is InChI=1S/C27H29NS/c1-19-9-11-23(12-10-19)29-18-17-28-24-8-4-7-22-14-16-27(26(22)24)15-13-21-6-3-5-20(2)25(21)27/h3-12,28H,13-18H2,1-2H3/t27-/m1/s1. The second kappa shape index (κ2) is 7.57. The maximum atomic E-state index is 3.81. The van der Waals surface area contributed by atoms with Crippen molar-refractivity contribution in [2.75, 3.05) is 17.6 Å². The normalized spacial score (nSPS) is 19.4. The Hall–Kier alpha value is -2.19. The summed E-state index contributed by atoms with van der Waals surface area (Å²) in [5.74, 6) is 1.08. The molecule has 1 nitrogen and oxygen atoms in total. The molecule has 2 heteroatoms. The molecule has 1 N–H and O–H groups in total. The molecule has 0 saturated carbocycles. The van der Waals surface area contributed by atoms with Crippen LogP contribution in [0.1, 0.15) is 46.2 Å². The van der Waals surface area contributed by atoms with Crippen LogP contribution >= 0.6 is 11.8 Å². The molecule has 1 spiro atoms. The van der Waals surface area contributed by atoms with Crippen molar-refractivity contribution in [1.29, 1.82) is 0 Å². The average molecular weight is 400 g/mol. The zero-order valence-electron chi connectivity index (χ0n) is 17.4. The molecule has 2 aliphatic carbocycles. The molecule has 0 bridgehead atoms. The van der Waals surface area contributed by atoms with Crippen molar-refractivity contribution in [3.8, 4) is 0 Å². The van der Waals surface area contributed by atoms with Gasteiger partial charge in [0.1, 0.15) is 0 Å². The lowest BCUT2D eigenvalue weighted by atomic mass is 9.74. The van der Waals surface area contributed by atoms with Crippen molar-refractivity contribution < 1.29 is 0 Å². The van der Waals surface area contributed by atoms with Gasteiger partial charge < -0.3 is 5.32 Å². The van der Waals surface area contributed by atoms with Crippen LogP contribution in [-0.2, 0) is 18.3 Å². The lowest BCUT2D eigenvalue weighted by molar-refractivity contribution is 0.506. The van der Waals surface area contributed by atoms with E-state index in [1.54, 1.807) is 22.3 Å². The number of benzene rings is 3. The van der Waals surface area contributed by atoms with E-state index in [0.29, 0.717) is 0 Å². The Labute approximate surface area is 178 Å². The number of fused-ring (bicyclic) bond motifs is 4. The Kier molecular flexibility index (Phi) is 4.91. The third-order valence-electron chi connectivity index (χ3n) is 6.82. The van der Waals surface area contributed by atoms with Crippen molar-refractivity contribution in [3.05, 3.63) is 94.0 Å². The van der Waals surface area contributed by atoms with Gasteiger partial charge in [0.2, 0.25) is 0 Å². The number of thioether (sulfide) groups is 1. The van der Waals surface area contributed by atoms with E-state index >= 15 is 0 Å². The Balaban J connectivity index is 1.38. The molecule has 0 unspecified atom stereocenters. The summed E-state index contributed by atoms with van der Waals surface area (Å²) >= 11 is 1.93. The fourth-order valence-corrected chi connectivity index (χ4v) is 6.35. The fraction of sp³-hybridized carbons (Fsp3) is 0.333. The number of rotatable bonds is 5. The van der Waals surface area contributed by atoms with Crippen LogP contribution < -0.4 is 5.32 Å². The zero-order valence-corrected chi connectivity index (χ0v) is 18.2. The molecular formula is C27H29NS. The molecule has 0 aliphatic heterocycles. The fourth-order valence-electron chi connectivity index (χ4n) is 5.58. The van der Waals surface area contributed by atoms with E-state index in [2.05, 4.69) is 79.8 Å². The second-order valence-corrected chi connectivity index (χ2v) is 9.79. The van der Waals surface area contributed by atoms with Gasteiger partial charge >= 0.3 is 0 Å². The minimum Gasteiger partial charge on any atom is -0.384 e. The Bertz CT molecular complexity index is 1030. The molecule has 1 atom stereocenters. The predicted molar refractivity (Wildman–Crippen MR) is 125 cm³/mol. The summed E-state index contributed by atoms with van der Waals surface area (Å²) in [5, 5.41) is 3.81. The average Bonchev–Trinajstić information content (AvgIpc) is 3.30. The van der Waals surface area contributed by atoms with E-state index in [-0.39, 0.29) is 5.41 Å². The summed E-state index contributed by atoms with van der Waals surface area (Å²) in [4.78, 5) is 1.35. The minimum absolute atomic E-state index is 0.226. The summed E-state index contributed by atoms with van der Waals surface area (Å²) in [6.07, 6.45) is 4.94. The largest absolute Gasteiger partial charge is 0.384 e. The van der Waals surface area contributed by atoms with Gasteiger partial charge in [0, 0.05) is 28.3 Å². The highest BCUT2D eigenvalue weighted by Gasteiger charge is 2.46. The number of nitrogens with one attached hydrogen (secondary N) is 1. The Morgan fingerprint density at radius 2 is 1.52 bits per heavy atom. The lowest BCUT2D eigenvalue weighted by Crippen LogP contribution is -2.24. The minimum atomic E-state index is 0.226. The van der Waals surface area contributed by atoms with Gasteiger partial charge in [-0.1, -0.05) is 48.0 Å². The molecule has 148 valence electrons. The third-order valence-corrected chi connectivity index (χ3v) is 7.83. The van der Waals surface area contributed by atoms with Crippen molar-refractivity contribution in [3.63, 3.8) is 0 Å². The van der Waals surface area contributed by atoms with Gasteiger partial charge in [-0.25, -0.2) is 0 Å². The van der Waals surface area contributed by atoms with Gasteiger partial charge in [0.05, 0.1) is 0 Å². The zero-order chi connectivity index (χ0) is 19.8. The molecule has 29 heavy (non-hydrogen) atoms. The summed E-state index contributed by atoms with van der Waals surface area (Å²) in [6, 6.07) is 22.6. The summed E-state index contributed by atoms with van der Waals surface area (Å²) < 4.78 is 0. The van der Waals surface area contributed by atoms with Crippen LogP contribution in [0.4, 0.5) is 5.69 Å². The first-order chi connectivity index (χ1) is 14.2. The van der Waals surface area contributed by atoms with E-state index in [0.717, 1.165) is 12.3 Å². The molecular weight excluding hydrogens is 370 g/mol. The first kappa shape index (κ1) is 18.8. The number of aryl methyl sites for hydroxylation is 4. The topological polar surface area (TPSA) is 12.0 Å². The van der Waals surface area contributed by atoms with Gasteiger partial charge in [-0.3, -0.25) is 0 Å². The van der Waals surface area contributed by atoms with E-state index in [1.165, 1.54) is 47.4 Å². The monoisotopic (exact) mass is 399 g/mol. The molecule has 3 aromatic carbocycles. The summed E-state index contributed by atoms with van der Waals surface area (Å²) in [7, 11) is 0. The molecule has 0 saturated heterocycles. The van der Waals surface area contributed by atoms with Crippen LogP contribution in [0, 0.1) is 13.8 Å². The SMILES string of the molecule is Cc1ccc(SCCNc2cccc3c2[C@]2(CCc4cccc(C)c42)CC3)cc1. The third kappa shape index (κ3) is 3.28. The van der Waals surface area contributed by atoms with Crippen LogP contribution in [0.25, 0.3) is 0 Å². The van der Waals surface area contributed by atoms with Gasteiger partial charge in [-0.05, 0) is 85.5 Å². The molecule has 0 radical (unpaired) electrons. The maximum absolute atomic E-state index is 3.81. The van der Waals surface area contributed by atoms with Crippen LogP contribution in [-0.4, -0.2) is 12.3 Å². The summed E-state index contributed by atoms with van der Waals surface area (Å²) in [5.41, 5.74) is 10.7. The molecule has 2 aliphatic rings. The first-order valence-electron chi connectivity index (χ1n) is 10.8. The van der Waals surface area contributed by atoms with Gasteiger partial charge in [0.15, 0.2) is 0 Å². The van der Waals surface area contributed by atoms with Gasteiger partial charge in [-0.2, -0.15) is 0 Å². The molecule has 0 aromatic heterocycles. The van der Waals surface area contributed by atoms with Crippen LogP contribution in [0.5, 0.6) is 0 Å². The second-order valence-electron chi connectivity index (χ2n) is 8.62. The maximum Gasteiger partial charge on any atom is 0.0384 e. The number of anilines is 1. The van der Waals surface area contributed by atoms with E-state index in [9.17, 15) is 0 Å². The molecule has 3 aromatic rings. The molecule has 5 rings (SSSR count). The predicted octanol–water partition coefficient (Wildman–Crippen LogP) is 6.69. The highest BCUT2D eigenvalue weighted by molar-refractivity contribution is 7.99. The van der Waals surface area contributed by atoms with Gasteiger partial charge in [-0.15, -0.1) is 11.8 Å². The molecule has 0 fully saturated rings. The molecule has 0 amide bonds. The number of hydrogen-bond acceptors (Lipinski definition) is 2. The highest BCUT2D eigenvalue weighted by Crippen LogP contribution is 2.55. The highest BCUT2D eigenvalue weighted by atomic mass is 32.2. The van der Waals surface area contributed by atoms with Crippen LogP contribution in [0.15, 0.2) is 65.6 Å². The van der Waals surface area contributed by atoms with E-state index in [4.69, 9.17) is 0 Å². The van der Waals surface area contributed by atoms with Gasteiger partial charge in [0.25, 0.3) is 0 Å².